The number of nitrogens with zero attached hydrogens (tertiary/aromatic N) is 2. The molecule has 0 bridgehead atoms. The van der Waals surface area contributed by atoms with E-state index in [2.05, 4.69) is 20.2 Å². The number of H-pyrrole nitrogens is 1. The molecular formula is C23H28N4O4. The van der Waals surface area contributed by atoms with E-state index in [1.807, 2.05) is 42.5 Å². The number of hydrogen-bond donors (Lipinski definition) is 2. The highest BCUT2D eigenvalue weighted by molar-refractivity contribution is 5.95. The van der Waals surface area contributed by atoms with Gasteiger partial charge in [0.05, 0.1) is 44.5 Å². The number of fused-ring (bicyclic) bond motifs is 1. The summed E-state index contributed by atoms with van der Waals surface area (Å²) >= 11 is 0. The zero-order chi connectivity index (χ0) is 21.6. The molecule has 164 valence electrons. The average molecular weight is 425 g/mol. The first-order valence-electron chi connectivity index (χ1n) is 10.4. The lowest BCUT2D eigenvalue weighted by Gasteiger charge is -2.25. The molecule has 3 aromatic rings. The van der Waals surface area contributed by atoms with Gasteiger partial charge in [-0.2, -0.15) is 0 Å². The Morgan fingerprint density at radius 3 is 2.90 bits per heavy atom. The number of rotatable bonds is 8. The summed E-state index contributed by atoms with van der Waals surface area (Å²) in [7, 11) is 1.62. The second-order valence-corrected chi connectivity index (χ2v) is 7.60. The van der Waals surface area contributed by atoms with Gasteiger partial charge in [-0.05, 0) is 42.8 Å². The summed E-state index contributed by atoms with van der Waals surface area (Å²) < 4.78 is 16.3. The topological polar surface area (TPSA) is 88.7 Å². The van der Waals surface area contributed by atoms with Crippen molar-refractivity contribution in [1.29, 1.82) is 0 Å². The summed E-state index contributed by atoms with van der Waals surface area (Å²) in [5, 5.41) is 2.92. The molecule has 1 atom stereocenters. The second-order valence-electron chi connectivity index (χ2n) is 7.60. The number of amides is 1. The number of morpholine rings is 1. The zero-order valence-corrected chi connectivity index (χ0v) is 17.9. The quantitative estimate of drug-likeness (QED) is 0.578. The van der Waals surface area contributed by atoms with Crippen molar-refractivity contribution in [2.45, 2.75) is 26.2 Å². The van der Waals surface area contributed by atoms with Gasteiger partial charge < -0.3 is 24.5 Å². The van der Waals surface area contributed by atoms with Gasteiger partial charge in [-0.25, -0.2) is 4.98 Å². The summed E-state index contributed by atoms with van der Waals surface area (Å²) in [5.74, 6) is 1.48. The number of ether oxygens (including phenoxy) is 3. The van der Waals surface area contributed by atoms with Gasteiger partial charge in [-0.15, -0.1) is 0 Å². The molecule has 2 heterocycles. The van der Waals surface area contributed by atoms with Gasteiger partial charge in [-0.1, -0.05) is 12.1 Å². The van der Waals surface area contributed by atoms with Crippen molar-refractivity contribution in [2.75, 3.05) is 38.7 Å². The lowest BCUT2D eigenvalue weighted by atomic mass is 10.2. The van der Waals surface area contributed by atoms with Crippen molar-refractivity contribution < 1.29 is 19.0 Å². The maximum absolute atomic E-state index is 12.6. The minimum Gasteiger partial charge on any atom is -0.497 e. The molecule has 4 rings (SSSR count). The number of aromatic amines is 1. The van der Waals surface area contributed by atoms with Crippen LogP contribution in [0.15, 0.2) is 42.5 Å². The number of anilines is 1. The van der Waals surface area contributed by atoms with E-state index in [1.165, 1.54) is 0 Å². The number of nitrogens with one attached hydrogen (secondary N) is 2. The Morgan fingerprint density at radius 1 is 1.26 bits per heavy atom. The van der Waals surface area contributed by atoms with Crippen LogP contribution in [0.2, 0.25) is 0 Å². The highest BCUT2D eigenvalue weighted by Gasteiger charge is 2.16. The van der Waals surface area contributed by atoms with Crippen molar-refractivity contribution >= 4 is 22.6 Å². The van der Waals surface area contributed by atoms with Gasteiger partial charge in [0.25, 0.3) is 5.91 Å². The summed E-state index contributed by atoms with van der Waals surface area (Å²) in [6.45, 7) is 6.16. The minimum absolute atomic E-state index is 0.199. The van der Waals surface area contributed by atoms with Crippen LogP contribution in [0.25, 0.3) is 11.0 Å². The van der Waals surface area contributed by atoms with E-state index in [0.717, 1.165) is 61.0 Å². The Labute approximate surface area is 181 Å². The molecule has 1 aliphatic rings. The molecule has 1 unspecified atom stereocenters. The molecule has 1 fully saturated rings. The van der Waals surface area contributed by atoms with Gasteiger partial charge in [0.2, 0.25) is 0 Å². The highest BCUT2D eigenvalue weighted by atomic mass is 16.5. The van der Waals surface area contributed by atoms with Gasteiger partial charge >= 0.3 is 0 Å². The Kier molecular flexibility index (Phi) is 6.81. The molecule has 1 saturated heterocycles. The van der Waals surface area contributed by atoms with Gasteiger partial charge in [0.1, 0.15) is 17.7 Å². The first-order valence-corrected chi connectivity index (χ1v) is 10.4. The number of benzene rings is 2. The number of aromatic nitrogens is 2. The summed E-state index contributed by atoms with van der Waals surface area (Å²) in [4.78, 5) is 22.9. The van der Waals surface area contributed by atoms with Crippen LogP contribution in [-0.4, -0.2) is 60.3 Å². The molecule has 1 aromatic heterocycles. The van der Waals surface area contributed by atoms with Crippen molar-refractivity contribution in [2.24, 2.45) is 0 Å². The van der Waals surface area contributed by atoms with E-state index in [1.54, 1.807) is 14.0 Å². The number of methoxy groups -OCH3 is 1. The van der Waals surface area contributed by atoms with E-state index in [-0.39, 0.29) is 5.91 Å². The molecule has 1 aliphatic heterocycles. The summed E-state index contributed by atoms with van der Waals surface area (Å²) in [6.07, 6.45) is -0.597. The predicted molar refractivity (Wildman–Crippen MR) is 118 cm³/mol. The van der Waals surface area contributed by atoms with Crippen molar-refractivity contribution in [3.8, 4) is 5.75 Å². The van der Waals surface area contributed by atoms with Crippen LogP contribution < -0.4 is 10.1 Å². The van der Waals surface area contributed by atoms with Crippen LogP contribution in [-0.2, 0) is 27.4 Å². The lowest BCUT2D eigenvalue weighted by molar-refractivity contribution is -0.127. The fourth-order valence-electron chi connectivity index (χ4n) is 3.49. The molecule has 0 aliphatic carbocycles. The van der Waals surface area contributed by atoms with E-state index < -0.39 is 6.10 Å². The third-order valence-corrected chi connectivity index (χ3v) is 5.28. The number of carbonyl (C=O) groups is 1. The predicted octanol–water partition coefficient (Wildman–Crippen LogP) is 2.95. The number of imidazole rings is 1. The van der Waals surface area contributed by atoms with E-state index in [4.69, 9.17) is 14.2 Å². The van der Waals surface area contributed by atoms with Crippen LogP contribution in [0.1, 0.15) is 18.3 Å². The monoisotopic (exact) mass is 424 g/mol. The van der Waals surface area contributed by atoms with Crippen molar-refractivity contribution in [1.82, 2.24) is 14.9 Å². The largest absolute Gasteiger partial charge is 0.497 e. The van der Waals surface area contributed by atoms with Crippen LogP contribution in [0.5, 0.6) is 5.75 Å². The smallest absolute Gasteiger partial charge is 0.253 e. The molecule has 31 heavy (non-hydrogen) atoms. The maximum Gasteiger partial charge on any atom is 0.253 e. The molecule has 2 N–H and O–H groups in total. The normalized spacial score (nSPS) is 15.7. The summed E-state index contributed by atoms with van der Waals surface area (Å²) in [6, 6.07) is 13.3. The molecule has 2 aromatic carbocycles. The molecule has 8 nitrogen and oxygen atoms in total. The van der Waals surface area contributed by atoms with Crippen LogP contribution in [0.4, 0.5) is 5.69 Å². The molecule has 8 heteroatoms. The Morgan fingerprint density at radius 2 is 2.10 bits per heavy atom. The molecule has 0 spiro atoms. The number of carbonyl (C=O) groups excluding carboxylic acids is 1. The second kappa shape index (κ2) is 9.91. The Balaban J connectivity index is 1.34. The highest BCUT2D eigenvalue weighted by Crippen LogP contribution is 2.19. The van der Waals surface area contributed by atoms with Crippen molar-refractivity contribution in [3.05, 3.63) is 53.9 Å². The van der Waals surface area contributed by atoms with Crippen LogP contribution in [0, 0.1) is 0 Å². The SMILES string of the molecule is COc1cccc(COC(C)C(=O)Nc2ccc3nc(CN4CCOCC4)[nH]c3c2)c1. The Bertz CT molecular complexity index is 1030. The molecular weight excluding hydrogens is 396 g/mol. The van der Waals surface area contributed by atoms with E-state index >= 15 is 0 Å². The zero-order valence-electron chi connectivity index (χ0n) is 17.9. The van der Waals surface area contributed by atoms with E-state index in [9.17, 15) is 4.79 Å². The third kappa shape index (κ3) is 5.61. The molecule has 0 saturated carbocycles. The van der Waals surface area contributed by atoms with Crippen LogP contribution >= 0.6 is 0 Å². The summed E-state index contributed by atoms with van der Waals surface area (Å²) in [5.41, 5.74) is 3.43. The minimum atomic E-state index is -0.597. The van der Waals surface area contributed by atoms with Crippen molar-refractivity contribution in [3.63, 3.8) is 0 Å². The van der Waals surface area contributed by atoms with E-state index in [0.29, 0.717) is 12.3 Å². The Hall–Kier alpha value is -2.94. The fourth-order valence-corrected chi connectivity index (χ4v) is 3.49. The molecule has 0 radical (unpaired) electrons. The molecule has 1 amide bonds. The lowest BCUT2D eigenvalue weighted by Crippen LogP contribution is -2.35. The average Bonchev–Trinajstić information content (AvgIpc) is 3.19. The van der Waals surface area contributed by atoms with Gasteiger partial charge in [0.15, 0.2) is 0 Å². The maximum atomic E-state index is 12.6. The van der Waals surface area contributed by atoms with Gasteiger partial charge in [-0.3, -0.25) is 9.69 Å². The van der Waals surface area contributed by atoms with Gasteiger partial charge in [0, 0.05) is 18.8 Å². The first kappa shape index (κ1) is 21.3. The number of hydrogen-bond acceptors (Lipinski definition) is 6. The third-order valence-electron chi connectivity index (χ3n) is 5.28. The first-order chi connectivity index (χ1) is 15.1. The van der Waals surface area contributed by atoms with Crippen LogP contribution in [0.3, 0.4) is 0 Å². The fraction of sp³-hybridized carbons (Fsp3) is 0.391. The standard InChI is InChI=1S/C23H28N4O4/c1-16(31-15-17-4-3-5-19(12-17)29-2)23(28)24-18-6-7-20-21(13-18)26-22(25-20)14-27-8-10-30-11-9-27/h3-7,12-13,16H,8-11,14-15H2,1-2H3,(H,24,28)(H,25,26).